The molecule has 0 saturated heterocycles. The van der Waals surface area contributed by atoms with Gasteiger partial charge < -0.3 is 10.1 Å². The van der Waals surface area contributed by atoms with Gasteiger partial charge in [-0.2, -0.15) is 0 Å². The first kappa shape index (κ1) is 15.2. The quantitative estimate of drug-likeness (QED) is 0.893. The number of hydrogen-bond acceptors (Lipinski definition) is 2. The second-order valence-electron chi connectivity index (χ2n) is 5.31. The van der Waals surface area contributed by atoms with Gasteiger partial charge in [-0.3, -0.25) is 4.79 Å². The fourth-order valence-corrected chi connectivity index (χ4v) is 2.67. The van der Waals surface area contributed by atoms with Gasteiger partial charge in [-0.1, -0.05) is 37.8 Å². The van der Waals surface area contributed by atoms with Crippen LogP contribution in [0, 0.1) is 0 Å². The normalized spacial score (nSPS) is 17.5. The standard InChI is InChI=1S/C16H22ClNO2/c1-2-15(20-14-10-8-12(17)9-11-14)16(19)18-13-6-4-3-5-7-13/h8-11,13,15H,2-7H2,1H3,(H,18,19). The fraction of sp³-hybridized carbons (Fsp3) is 0.562. The molecular weight excluding hydrogens is 274 g/mol. The molecule has 4 heteroatoms. The zero-order valence-electron chi connectivity index (χ0n) is 11.9. The number of halogens is 1. The molecule has 0 aromatic heterocycles. The fourth-order valence-electron chi connectivity index (χ4n) is 2.54. The van der Waals surface area contributed by atoms with Crippen LogP contribution in [0.15, 0.2) is 24.3 Å². The third kappa shape index (κ3) is 4.41. The van der Waals surface area contributed by atoms with Gasteiger partial charge in [0.15, 0.2) is 6.10 Å². The lowest BCUT2D eigenvalue weighted by molar-refractivity contribution is -0.129. The molecule has 1 fully saturated rings. The number of carbonyl (C=O) groups excluding carboxylic acids is 1. The Morgan fingerprint density at radius 3 is 2.55 bits per heavy atom. The Morgan fingerprint density at radius 1 is 1.30 bits per heavy atom. The van der Waals surface area contributed by atoms with Gasteiger partial charge in [-0.25, -0.2) is 0 Å². The molecule has 1 N–H and O–H groups in total. The summed E-state index contributed by atoms with van der Waals surface area (Å²) in [5.74, 6) is 0.675. The first-order valence-electron chi connectivity index (χ1n) is 7.41. The maximum absolute atomic E-state index is 12.3. The molecule has 1 atom stereocenters. The van der Waals surface area contributed by atoms with Crippen LogP contribution in [0.4, 0.5) is 0 Å². The molecule has 0 heterocycles. The Labute approximate surface area is 125 Å². The highest BCUT2D eigenvalue weighted by molar-refractivity contribution is 6.30. The van der Waals surface area contributed by atoms with E-state index in [4.69, 9.17) is 16.3 Å². The van der Waals surface area contributed by atoms with Crippen molar-refractivity contribution in [3.8, 4) is 5.75 Å². The van der Waals surface area contributed by atoms with Crippen LogP contribution in [-0.4, -0.2) is 18.1 Å². The number of amides is 1. The smallest absolute Gasteiger partial charge is 0.261 e. The molecule has 0 radical (unpaired) electrons. The molecule has 1 saturated carbocycles. The number of hydrogen-bond donors (Lipinski definition) is 1. The minimum Gasteiger partial charge on any atom is -0.481 e. The van der Waals surface area contributed by atoms with E-state index in [1.54, 1.807) is 24.3 Å². The van der Waals surface area contributed by atoms with Crippen LogP contribution in [0.1, 0.15) is 45.4 Å². The molecule has 3 nitrogen and oxygen atoms in total. The number of carbonyl (C=O) groups is 1. The van der Waals surface area contributed by atoms with Crippen molar-refractivity contribution in [2.45, 2.75) is 57.6 Å². The van der Waals surface area contributed by atoms with Gasteiger partial charge in [0.05, 0.1) is 0 Å². The van der Waals surface area contributed by atoms with E-state index in [2.05, 4.69) is 5.32 Å². The predicted molar refractivity (Wildman–Crippen MR) is 81.2 cm³/mol. The van der Waals surface area contributed by atoms with Gasteiger partial charge in [0, 0.05) is 11.1 Å². The van der Waals surface area contributed by atoms with E-state index >= 15 is 0 Å². The van der Waals surface area contributed by atoms with E-state index in [0.717, 1.165) is 12.8 Å². The number of nitrogens with one attached hydrogen (secondary N) is 1. The van der Waals surface area contributed by atoms with E-state index in [9.17, 15) is 4.79 Å². The van der Waals surface area contributed by atoms with Crippen molar-refractivity contribution in [2.75, 3.05) is 0 Å². The molecule has 0 aliphatic heterocycles. The third-order valence-electron chi connectivity index (χ3n) is 3.71. The molecule has 1 aromatic carbocycles. The van der Waals surface area contributed by atoms with Gasteiger partial charge in [0.25, 0.3) is 5.91 Å². The largest absolute Gasteiger partial charge is 0.481 e. The summed E-state index contributed by atoms with van der Waals surface area (Å²) in [6, 6.07) is 7.43. The van der Waals surface area contributed by atoms with E-state index in [1.807, 2.05) is 6.92 Å². The van der Waals surface area contributed by atoms with Crippen molar-refractivity contribution in [1.82, 2.24) is 5.32 Å². The number of benzene rings is 1. The van der Waals surface area contributed by atoms with Crippen LogP contribution in [0.25, 0.3) is 0 Å². The van der Waals surface area contributed by atoms with E-state index in [-0.39, 0.29) is 5.91 Å². The Bertz CT molecular complexity index is 427. The molecule has 20 heavy (non-hydrogen) atoms. The molecule has 110 valence electrons. The monoisotopic (exact) mass is 295 g/mol. The van der Waals surface area contributed by atoms with Crippen LogP contribution in [-0.2, 0) is 4.79 Å². The average molecular weight is 296 g/mol. The topological polar surface area (TPSA) is 38.3 Å². The Balaban J connectivity index is 1.89. The van der Waals surface area contributed by atoms with Crippen molar-refractivity contribution in [1.29, 1.82) is 0 Å². The van der Waals surface area contributed by atoms with Gasteiger partial charge in [0.2, 0.25) is 0 Å². The SMILES string of the molecule is CCC(Oc1ccc(Cl)cc1)C(=O)NC1CCCCC1. The predicted octanol–water partition coefficient (Wildman–Crippen LogP) is 3.95. The molecule has 2 rings (SSSR count). The molecule has 1 amide bonds. The number of ether oxygens (including phenoxy) is 1. The van der Waals surface area contributed by atoms with E-state index < -0.39 is 6.10 Å². The maximum Gasteiger partial charge on any atom is 0.261 e. The molecule has 1 aliphatic carbocycles. The van der Waals surface area contributed by atoms with Gasteiger partial charge >= 0.3 is 0 Å². The summed E-state index contributed by atoms with van der Waals surface area (Å²) in [6.45, 7) is 1.96. The van der Waals surface area contributed by atoms with Crippen LogP contribution in [0.2, 0.25) is 5.02 Å². The summed E-state index contributed by atoms with van der Waals surface area (Å²) in [6.07, 6.45) is 6.09. The maximum atomic E-state index is 12.3. The second kappa shape index (κ2) is 7.53. The molecule has 1 aliphatic rings. The average Bonchev–Trinajstić information content (AvgIpc) is 2.47. The molecule has 0 bridgehead atoms. The summed E-state index contributed by atoms with van der Waals surface area (Å²) in [7, 11) is 0. The number of rotatable bonds is 5. The van der Waals surface area contributed by atoms with E-state index in [0.29, 0.717) is 23.2 Å². The van der Waals surface area contributed by atoms with Gasteiger partial charge in [0.1, 0.15) is 5.75 Å². The van der Waals surface area contributed by atoms with Crippen molar-refractivity contribution < 1.29 is 9.53 Å². The lowest BCUT2D eigenvalue weighted by Crippen LogP contribution is -2.44. The highest BCUT2D eigenvalue weighted by Gasteiger charge is 2.22. The highest BCUT2D eigenvalue weighted by Crippen LogP contribution is 2.20. The van der Waals surface area contributed by atoms with Crippen molar-refractivity contribution in [3.05, 3.63) is 29.3 Å². The van der Waals surface area contributed by atoms with Crippen LogP contribution >= 0.6 is 11.6 Å². The zero-order chi connectivity index (χ0) is 14.4. The Kier molecular flexibility index (Phi) is 5.72. The zero-order valence-corrected chi connectivity index (χ0v) is 12.7. The van der Waals surface area contributed by atoms with E-state index in [1.165, 1.54) is 19.3 Å². The lowest BCUT2D eigenvalue weighted by Gasteiger charge is -2.25. The third-order valence-corrected chi connectivity index (χ3v) is 3.96. The first-order valence-corrected chi connectivity index (χ1v) is 7.79. The van der Waals surface area contributed by atoms with Crippen LogP contribution in [0.5, 0.6) is 5.75 Å². The summed E-state index contributed by atoms with van der Waals surface area (Å²) in [5, 5.41) is 3.78. The molecular formula is C16H22ClNO2. The minimum atomic E-state index is -0.432. The molecule has 1 aromatic rings. The molecule has 1 unspecified atom stereocenters. The highest BCUT2D eigenvalue weighted by atomic mass is 35.5. The lowest BCUT2D eigenvalue weighted by atomic mass is 9.95. The van der Waals surface area contributed by atoms with Crippen molar-refractivity contribution >= 4 is 17.5 Å². The minimum absolute atomic E-state index is 0.00523. The van der Waals surface area contributed by atoms with Crippen LogP contribution < -0.4 is 10.1 Å². The summed E-state index contributed by atoms with van der Waals surface area (Å²) < 4.78 is 5.75. The molecule has 0 spiro atoms. The first-order chi connectivity index (χ1) is 9.69. The van der Waals surface area contributed by atoms with Gasteiger partial charge in [-0.05, 0) is 43.5 Å². The Hall–Kier alpha value is -1.22. The summed E-state index contributed by atoms with van der Waals surface area (Å²) >= 11 is 5.84. The Morgan fingerprint density at radius 2 is 1.95 bits per heavy atom. The van der Waals surface area contributed by atoms with Crippen molar-refractivity contribution in [2.24, 2.45) is 0 Å². The van der Waals surface area contributed by atoms with Crippen molar-refractivity contribution in [3.63, 3.8) is 0 Å². The summed E-state index contributed by atoms with van der Waals surface area (Å²) in [5.41, 5.74) is 0. The summed E-state index contributed by atoms with van der Waals surface area (Å²) in [4.78, 5) is 12.3. The van der Waals surface area contributed by atoms with Crippen LogP contribution in [0.3, 0.4) is 0 Å². The van der Waals surface area contributed by atoms with Gasteiger partial charge in [-0.15, -0.1) is 0 Å². The second-order valence-corrected chi connectivity index (χ2v) is 5.75.